The quantitative estimate of drug-likeness (QED) is 0.555. The fraction of sp³-hybridized carbons (Fsp3) is 0.150. The molecule has 2 aromatic heterocycles. The van der Waals surface area contributed by atoms with Crippen LogP contribution in [-0.2, 0) is 15.2 Å². The van der Waals surface area contributed by atoms with Gasteiger partial charge in [0.05, 0.1) is 6.54 Å². The molecule has 0 aliphatic rings. The number of ether oxygens (including phenoxy) is 1. The van der Waals surface area contributed by atoms with Crippen LogP contribution in [0.25, 0.3) is 0 Å². The molecule has 3 aromatic rings. The Morgan fingerprint density at radius 3 is 2.39 bits per heavy atom. The van der Waals surface area contributed by atoms with Gasteiger partial charge in [-0.25, -0.2) is 0 Å². The van der Waals surface area contributed by atoms with E-state index in [2.05, 4.69) is 15.6 Å². The van der Waals surface area contributed by atoms with E-state index in [0.717, 1.165) is 0 Å². The largest absolute Gasteiger partial charge is 0.457 e. The van der Waals surface area contributed by atoms with Crippen LogP contribution in [0.1, 0.15) is 11.8 Å². The Morgan fingerprint density at radius 2 is 1.75 bits per heavy atom. The maximum absolute atomic E-state index is 12.1. The Morgan fingerprint density at radius 1 is 1.07 bits per heavy atom. The summed E-state index contributed by atoms with van der Waals surface area (Å²) in [6, 6.07) is 13.6. The molecule has 2 amide bonds. The molecule has 144 valence electrons. The Hall–Kier alpha value is -3.23. The maximum Gasteiger partial charge on any atom is 0.313 e. The SMILES string of the molecule is CC(O)(CNC(=O)C(=O)Nc1ccc(Oc2ccncc2)cc1)c1cccs1. The van der Waals surface area contributed by atoms with E-state index in [1.54, 1.807) is 61.8 Å². The molecule has 28 heavy (non-hydrogen) atoms. The average molecular weight is 397 g/mol. The Kier molecular flexibility index (Phi) is 6.03. The lowest BCUT2D eigenvalue weighted by Gasteiger charge is -2.22. The smallest absolute Gasteiger partial charge is 0.313 e. The minimum absolute atomic E-state index is 0.0710. The van der Waals surface area contributed by atoms with Crippen molar-refractivity contribution < 1.29 is 19.4 Å². The summed E-state index contributed by atoms with van der Waals surface area (Å²) in [5.41, 5.74) is -0.789. The van der Waals surface area contributed by atoms with Crippen molar-refractivity contribution in [1.82, 2.24) is 10.3 Å². The highest BCUT2D eigenvalue weighted by Gasteiger charge is 2.26. The van der Waals surface area contributed by atoms with Gasteiger partial charge < -0.3 is 20.5 Å². The second kappa shape index (κ2) is 8.64. The average Bonchev–Trinajstić information content (AvgIpc) is 3.24. The number of hydrogen-bond acceptors (Lipinski definition) is 6. The zero-order chi connectivity index (χ0) is 20.0. The van der Waals surface area contributed by atoms with Crippen molar-refractivity contribution in [1.29, 1.82) is 0 Å². The highest BCUT2D eigenvalue weighted by atomic mass is 32.1. The first-order valence-electron chi connectivity index (χ1n) is 8.47. The lowest BCUT2D eigenvalue weighted by Crippen LogP contribution is -2.42. The highest BCUT2D eigenvalue weighted by Crippen LogP contribution is 2.24. The monoisotopic (exact) mass is 397 g/mol. The van der Waals surface area contributed by atoms with Crippen molar-refractivity contribution in [2.75, 3.05) is 11.9 Å². The van der Waals surface area contributed by atoms with E-state index >= 15 is 0 Å². The van der Waals surface area contributed by atoms with Gasteiger partial charge >= 0.3 is 11.8 Å². The summed E-state index contributed by atoms with van der Waals surface area (Å²) in [5, 5.41) is 17.2. The summed E-state index contributed by atoms with van der Waals surface area (Å²) >= 11 is 1.38. The van der Waals surface area contributed by atoms with Crippen LogP contribution in [0.3, 0.4) is 0 Å². The third-order valence-electron chi connectivity index (χ3n) is 3.85. The highest BCUT2D eigenvalue weighted by molar-refractivity contribution is 7.10. The van der Waals surface area contributed by atoms with E-state index in [0.29, 0.717) is 22.1 Å². The lowest BCUT2D eigenvalue weighted by molar-refractivity contribution is -0.136. The van der Waals surface area contributed by atoms with Crippen LogP contribution < -0.4 is 15.4 Å². The van der Waals surface area contributed by atoms with Gasteiger partial charge in [0.2, 0.25) is 0 Å². The number of amides is 2. The van der Waals surface area contributed by atoms with Crippen molar-refractivity contribution >= 4 is 28.8 Å². The summed E-state index contributed by atoms with van der Waals surface area (Å²) in [6.45, 7) is 1.51. The minimum Gasteiger partial charge on any atom is -0.457 e. The fourth-order valence-electron chi connectivity index (χ4n) is 2.34. The molecule has 3 rings (SSSR count). The van der Waals surface area contributed by atoms with Crippen LogP contribution in [0.2, 0.25) is 0 Å². The first-order chi connectivity index (χ1) is 13.4. The Bertz CT molecular complexity index is 926. The molecule has 0 spiro atoms. The van der Waals surface area contributed by atoms with Crippen LogP contribution in [0.4, 0.5) is 5.69 Å². The van der Waals surface area contributed by atoms with Crippen LogP contribution in [0, 0.1) is 0 Å². The van der Waals surface area contributed by atoms with Gasteiger partial charge in [0.15, 0.2) is 0 Å². The molecular weight excluding hydrogens is 378 g/mol. The second-order valence-electron chi connectivity index (χ2n) is 6.20. The van der Waals surface area contributed by atoms with Gasteiger partial charge in [-0.05, 0) is 54.8 Å². The van der Waals surface area contributed by atoms with Crippen molar-refractivity contribution in [2.24, 2.45) is 0 Å². The van der Waals surface area contributed by atoms with E-state index in [9.17, 15) is 14.7 Å². The summed E-state index contributed by atoms with van der Waals surface area (Å²) in [5.74, 6) is -0.414. The Labute approximate surface area is 166 Å². The number of nitrogens with zero attached hydrogens (tertiary/aromatic N) is 1. The minimum atomic E-state index is -1.24. The first-order valence-corrected chi connectivity index (χ1v) is 9.35. The fourth-order valence-corrected chi connectivity index (χ4v) is 3.13. The number of carbonyl (C=O) groups is 2. The third kappa shape index (κ3) is 5.15. The molecule has 0 aliphatic carbocycles. The molecule has 3 N–H and O–H groups in total. The number of aliphatic hydroxyl groups is 1. The molecule has 1 aromatic carbocycles. The molecule has 0 fully saturated rings. The topological polar surface area (TPSA) is 101 Å². The van der Waals surface area contributed by atoms with Gasteiger partial charge in [0.25, 0.3) is 0 Å². The van der Waals surface area contributed by atoms with Crippen molar-refractivity contribution in [3.05, 3.63) is 71.2 Å². The molecule has 0 saturated carbocycles. The number of anilines is 1. The predicted molar refractivity (Wildman–Crippen MR) is 106 cm³/mol. The van der Waals surface area contributed by atoms with Crippen molar-refractivity contribution in [3.8, 4) is 11.5 Å². The van der Waals surface area contributed by atoms with Gasteiger partial charge in [-0.2, -0.15) is 0 Å². The van der Waals surface area contributed by atoms with Crippen molar-refractivity contribution in [2.45, 2.75) is 12.5 Å². The predicted octanol–water partition coefficient (Wildman–Crippen LogP) is 2.90. The first kappa shape index (κ1) is 19.5. The molecular formula is C20H19N3O4S. The van der Waals surface area contributed by atoms with E-state index in [1.165, 1.54) is 11.3 Å². The zero-order valence-electron chi connectivity index (χ0n) is 15.1. The number of aromatic nitrogens is 1. The van der Waals surface area contributed by atoms with Crippen molar-refractivity contribution in [3.63, 3.8) is 0 Å². The summed E-state index contributed by atoms with van der Waals surface area (Å²) in [4.78, 5) is 28.7. The van der Waals surface area contributed by atoms with Crippen LogP contribution in [0.15, 0.2) is 66.3 Å². The van der Waals surface area contributed by atoms with E-state index in [4.69, 9.17) is 4.74 Å². The Balaban J connectivity index is 1.52. The number of thiophene rings is 1. The molecule has 7 nitrogen and oxygen atoms in total. The van der Waals surface area contributed by atoms with Gasteiger partial charge in [-0.3, -0.25) is 14.6 Å². The molecule has 0 radical (unpaired) electrons. The standard InChI is InChI=1S/C20H19N3O4S/c1-20(26,17-3-2-12-28-17)13-22-18(24)19(25)23-14-4-6-15(7-5-14)27-16-8-10-21-11-9-16/h2-12,26H,13H2,1H3,(H,22,24)(H,23,25). The van der Waals surface area contributed by atoms with Crippen LogP contribution in [0.5, 0.6) is 11.5 Å². The number of hydrogen-bond donors (Lipinski definition) is 3. The number of benzene rings is 1. The number of rotatable bonds is 6. The van der Waals surface area contributed by atoms with Gasteiger partial charge in [-0.1, -0.05) is 6.07 Å². The number of carbonyl (C=O) groups excluding carboxylic acids is 2. The summed E-state index contributed by atoms with van der Waals surface area (Å²) < 4.78 is 5.64. The summed E-state index contributed by atoms with van der Waals surface area (Å²) in [6.07, 6.45) is 3.25. The molecule has 1 unspecified atom stereocenters. The molecule has 1 atom stereocenters. The molecule has 0 aliphatic heterocycles. The van der Waals surface area contributed by atoms with E-state index < -0.39 is 17.4 Å². The second-order valence-corrected chi connectivity index (χ2v) is 7.15. The van der Waals surface area contributed by atoms with E-state index in [1.807, 2.05) is 11.4 Å². The zero-order valence-corrected chi connectivity index (χ0v) is 15.9. The molecule has 2 heterocycles. The van der Waals surface area contributed by atoms with Crippen LogP contribution >= 0.6 is 11.3 Å². The normalized spacial score (nSPS) is 12.6. The lowest BCUT2D eigenvalue weighted by atomic mass is 10.1. The summed E-state index contributed by atoms with van der Waals surface area (Å²) in [7, 11) is 0. The number of pyridine rings is 1. The van der Waals surface area contributed by atoms with Crippen LogP contribution in [-0.4, -0.2) is 28.4 Å². The van der Waals surface area contributed by atoms with Gasteiger partial charge in [0.1, 0.15) is 17.1 Å². The molecule has 8 heteroatoms. The molecule has 0 saturated heterocycles. The number of nitrogens with one attached hydrogen (secondary N) is 2. The van der Waals surface area contributed by atoms with E-state index in [-0.39, 0.29) is 6.54 Å². The van der Waals surface area contributed by atoms with Gasteiger partial charge in [-0.15, -0.1) is 11.3 Å². The third-order valence-corrected chi connectivity index (χ3v) is 4.97. The van der Waals surface area contributed by atoms with Gasteiger partial charge in [0, 0.05) is 23.0 Å². The molecule has 0 bridgehead atoms. The maximum atomic E-state index is 12.1.